The van der Waals surface area contributed by atoms with E-state index < -0.39 is 17.2 Å². The van der Waals surface area contributed by atoms with Crippen molar-refractivity contribution in [3.8, 4) is 0 Å². The van der Waals surface area contributed by atoms with Crippen molar-refractivity contribution in [3.05, 3.63) is 20.8 Å². The van der Waals surface area contributed by atoms with E-state index in [0.717, 1.165) is 24.2 Å². The molecule has 1 aliphatic heterocycles. The third-order valence-electron chi connectivity index (χ3n) is 6.14. The van der Waals surface area contributed by atoms with Gasteiger partial charge in [0.25, 0.3) is 5.56 Å². The molecule has 0 unspecified atom stereocenters. The van der Waals surface area contributed by atoms with E-state index in [1.54, 1.807) is 0 Å². The second-order valence-electron chi connectivity index (χ2n) is 8.03. The quantitative estimate of drug-likeness (QED) is 0.615. The molecule has 164 valence electrons. The van der Waals surface area contributed by atoms with Crippen molar-refractivity contribution in [1.82, 2.24) is 14.5 Å². The normalized spacial score (nSPS) is 21.1. The number of nitrogens with two attached hydrogens (primary N) is 1. The molecule has 30 heavy (non-hydrogen) atoms. The number of carbonyl (C=O) groups excluding carboxylic acids is 3. The summed E-state index contributed by atoms with van der Waals surface area (Å²) in [7, 11) is 1.39. The maximum Gasteiger partial charge on any atom is 0.330 e. The van der Waals surface area contributed by atoms with Gasteiger partial charge in [-0.05, 0) is 19.3 Å². The number of likely N-dealkylation sites (tertiary alicyclic amines) is 1. The van der Waals surface area contributed by atoms with E-state index in [1.165, 1.54) is 16.5 Å². The Morgan fingerprint density at radius 3 is 2.27 bits per heavy atom. The Bertz CT molecular complexity index is 941. The van der Waals surface area contributed by atoms with Gasteiger partial charge in [0, 0.05) is 26.6 Å². The highest BCUT2D eigenvalue weighted by Crippen LogP contribution is 2.38. The number of hydrogen-bond acceptors (Lipinski definition) is 6. The highest BCUT2D eigenvalue weighted by molar-refractivity contribution is 6.05. The van der Waals surface area contributed by atoms with E-state index in [-0.39, 0.29) is 48.1 Å². The fourth-order valence-electron chi connectivity index (χ4n) is 4.39. The zero-order valence-corrected chi connectivity index (χ0v) is 17.5. The molecule has 2 heterocycles. The van der Waals surface area contributed by atoms with Gasteiger partial charge in [0.2, 0.25) is 17.7 Å². The highest BCUT2D eigenvalue weighted by Gasteiger charge is 2.47. The van der Waals surface area contributed by atoms with Crippen LogP contribution in [0.15, 0.2) is 9.59 Å². The molecule has 10 heteroatoms. The van der Waals surface area contributed by atoms with Gasteiger partial charge in [0.05, 0.1) is 11.8 Å². The summed E-state index contributed by atoms with van der Waals surface area (Å²) in [5, 5.41) is 0. The Morgan fingerprint density at radius 1 is 1.10 bits per heavy atom. The maximum atomic E-state index is 12.7. The Labute approximate surface area is 174 Å². The molecule has 2 atom stereocenters. The van der Waals surface area contributed by atoms with Crippen molar-refractivity contribution in [2.45, 2.75) is 58.4 Å². The Kier molecular flexibility index (Phi) is 6.42. The van der Waals surface area contributed by atoms with Gasteiger partial charge >= 0.3 is 5.69 Å². The molecular formula is C20H29N5O5. The smallest absolute Gasteiger partial charge is 0.330 e. The number of fused-ring (bicyclic) bond motifs is 1. The number of nitrogen functional groups attached to an aromatic ring is 1. The molecular weight excluding hydrogens is 390 g/mol. The van der Waals surface area contributed by atoms with E-state index in [2.05, 4.69) is 4.98 Å². The third kappa shape index (κ3) is 3.90. The van der Waals surface area contributed by atoms with Crippen LogP contribution in [0.1, 0.15) is 51.9 Å². The zero-order valence-electron chi connectivity index (χ0n) is 17.5. The van der Waals surface area contributed by atoms with Gasteiger partial charge in [-0.2, -0.15) is 0 Å². The van der Waals surface area contributed by atoms with Crippen molar-refractivity contribution in [3.63, 3.8) is 0 Å². The van der Waals surface area contributed by atoms with Crippen LogP contribution < -0.4 is 21.9 Å². The molecule has 0 bridgehead atoms. The summed E-state index contributed by atoms with van der Waals surface area (Å²) >= 11 is 0. The van der Waals surface area contributed by atoms with E-state index in [4.69, 9.17) is 5.73 Å². The van der Waals surface area contributed by atoms with E-state index in [0.29, 0.717) is 25.8 Å². The molecule has 3 N–H and O–H groups in total. The molecule has 3 amide bonds. The highest BCUT2D eigenvalue weighted by atomic mass is 16.2. The van der Waals surface area contributed by atoms with E-state index >= 15 is 0 Å². The lowest BCUT2D eigenvalue weighted by Crippen LogP contribution is -2.41. The van der Waals surface area contributed by atoms with Crippen LogP contribution in [0, 0.1) is 11.8 Å². The first kappa shape index (κ1) is 21.8. The molecule has 0 aromatic carbocycles. The average molecular weight is 419 g/mol. The van der Waals surface area contributed by atoms with Crippen LogP contribution >= 0.6 is 0 Å². The molecule has 3 rings (SSSR count). The Balaban J connectivity index is 1.73. The number of rotatable bonds is 7. The molecule has 1 aromatic rings. The lowest BCUT2D eigenvalue weighted by atomic mass is 9.81. The summed E-state index contributed by atoms with van der Waals surface area (Å²) in [6.45, 7) is 2.26. The molecule has 1 aromatic heterocycles. The number of nitrogens with one attached hydrogen (secondary N) is 1. The number of amides is 3. The number of anilines is 2. The fourth-order valence-corrected chi connectivity index (χ4v) is 4.39. The lowest BCUT2D eigenvalue weighted by molar-refractivity contribution is -0.140. The standard InChI is InChI=1S/C20H29N5O5/c1-3-4-10-24-16(21)15(17(27)22-20(24)30)23(2)14(26)9-11-25-18(28)12-7-5-6-8-13(12)19(25)29/h12-13H,3-11,21H2,1-2H3,(H,22,27,30)/t12-,13-/m0/s1. The first-order chi connectivity index (χ1) is 14.3. The van der Waals surface area contributed by atoms with Crippen LogP contribution in [0.5, 0.6) is 0 Å². The number of H-pyrrole nitrogens is 1. The summed E-state index contributed by atoms with van der Waals surface area (Å²) in [5.41, 5.74) is 4.56. The number of imide groups is 1. The molecule has 1 saturated carbocycles. The van der Waals surface area contributed by atoms with Crippen LogP contribution in [0.25, 0.3) is 0 Å². The summed E-state index contributed by atoms with van der Waals surface area (Å²) in [5.74, 6) is -1.48. The SMILES string of the molecule is CCCCn1c(N)c(N(C)C(=O)CCN2C(=O)[C@H]3CCCC[C@@H]3C2=O)c(=O)[nH]c1=O. The summed E-state index contributed by atoms with van der Waals surface area (Å²) in [6.07, 6.45) is 4.69. The van der Waals surface area contributed by atoms with Gasteiger partial charge in [0.1, 0.15) is 5.82 Å². The molecule has 10 nitrogen and oxygen atoms in total. The molecule has 0 spiro atoms. The van der Waals surface area contributed by atoms with E-state index in [1.807, 2.05) is 6.92 Å². The first-order valence-electron chi connectivity index (χ1n) is 10.5. The van der Waals surface area contributed by atoms with Crippen LogP contribution in [-0.4, -0.2) is 45.8 Å². The van der Waals surface area contributed by atoms with Gasteiger partial charge in [0.15, 0.2) is 5.69 Å². The van der Waals surface area contributed by atoms with Crippen molar-refractivity contribution in [2.75, 3.05) is 24.2 Å². The minimum atomic E-state index is -0.750. The van der Waals surface area contributed by atoms with Gasteiger partial charge in [-0.1, -0.05) is 26.2 Å². The summed E-state index contributed by atoms with van der Waals surface area (Å²) < 4.78 is 1.24. The maximum absolute atomic E-state index is 12.7. The number of unbranched alkanes of at least 4 members (excludes halogenated alkanes) is 1. The van der Waals surface area contributed by atoms with Gasteiger partial charge in [-0.15, -0.1) is 0 Å². The average Bonchev–Trinajstić information content (AvgIpc) is 2.96. The largest absolute Gasteiger partial charge is 0.383 e. The summed E-state index contributed by atoms with van der Waals surface area (Å²) in [4.78, 5) is 66.7. The number of aromatic nitrogens is 2. The second-order valence-corrected chi connectivity index (χ2v) is 8.03. The van der Waals surface area contributed by atoms with Crippen LogP contribution in [0.3, 0.4) is 0 Å². The predicted molar refractivity (Wildman–Crippen MR) is 111 cm³/mol. The minimum absolute atomic E-state index is 0.0267. The monoisotopic (exact) mass is 419 g/mol. The first-order valence-corrected chi connectivity index (χ1v) is 10.5. The predicted octanol–water partition coefficient (Wildman–Crippen LogP) is 0.447. The van der Waals surface area contributed by atoms with Crippen molar-refractivity contribution in [2.24, 2.45) is 11.8 Å². The topological polar surface area (TPSA) is 139 Å². The number of aromatic amines is 1. The van der Waals surface area contributed by atoms with Gasteiger partial charge in [-0.25, -0.2) is 4.79 Å². The van der Waals surface area contributed by atoms with Gasteiger partial charge in [-0.3, -0.25) is 33.6 Å². The van der Waals surface area contributed by atoms with Crippen molar-refractivity contribution in [1.29, 1.82) is 0 Å². The number of carbonyl (C=O) groups is 3. The molecule has 1 aliphatic carbocycles. The zero-order chi connectivity index (χ0) is 22.0. The number of nitrogens with zero attached hydrogens (tertiary/aromatic N) is 3. The molecule has 2 aliphatic rings. The minimum Gasteiger partial charge on any atom is -0.383 e. The van der Waals surface area contributed by atoms with Gasteiger partial charge < -0.3 is 10.6 Å². The molecule has 2 fully saturated rings. The molecule has 0 radical (unpaired) electrons. The Morgan fingerprint density at radius 2 is 1.70 bits per heavy atom. The van der Waals surface area contributed by atoms with Crippen molar-refractivity contribution >= 4 is 29.2 Å². The van der Waals surface area contributed by atoms with Crippen LogP contribution in [0.2, 0.25) is 0 Å². The summed E-state index contributed by atoms with van der Waals surface area (Å²) in [6, 6.07) is 0. The lowest BCUT2D eigenvalue weighted by Gasteiger charge is -2.21. The van der Waals surface area contributed by atoms with E-state index in [9.17, 15) is 24.0 Å². The second kappa shape index (κ2) is 8.85. The third-order valence-corrected chi connectivity index (χ3v) is 6.14. The molecule has 1 saturated heterocycles. The van der Waals surface area contributed by atoms with Crippen LogP contribution in [-0.2, 0) is 20.9 Å². The van der Waals surface area contributed by atoms with Crippen LogP contribution in [0.4, 0.5) is 11.5 Å². The van der Waals surface area contributed by atoms with Crippen molar-refractivity contribution < 1.29 is 14.4 Å². The Hall–Kier alpha value is -2.91. The fraction of sp³-hybridized carbons (Fsp3) is 0.650. The number of hydrogen-bond donors (Lipinski definition) is 2.